The largest absolute Gasteiger partial charge is 0.294 e. The summed E-state index contributed by atoms with van der Waals surface area (Å²) >= 11 is 0. The van der Waals surface area contributed by atoms with Gasteiger partial charge in [-0.25, -0.2) is 13.2 Å². The third kappa shape index (κ3) is 5.47. The number of benzene rings is 1. The van der Waals surface area contributed by atoms with E-state index in [1.54, 1.807) is 0 Å². The zero-order valence-electron chi connectivity index (χ0n) is 13.5. The summed E-state index contributed by atoms with van der Waals surface area (Å²) in [6.07, 6.45) is 8.71. The van der Waals surface area contributed by atoms with E-state index in [1.165, 1.54) is 25.7 Å². The lowest BCUT2D eigenvalue weighted by Crippen LogP contribution is -2.07. The Morgan fingerprint density at radius 1 is 0.909 bits per heavy atom. The van der Waals surface area contributed by atoms with Gasteiger partial charge in [-0.1, -0.05) is 51.9 Å². The van der Waals surface area contributed by atoms with E-state index in [2.05, 4.69) is 6.92 Å². The van der Waals surface area contributed by atoms with Crippen molar-refractivity contribution in [3.63, 3.8) is 0 Å². The molecular weight excluding hydrogens is 289 g/mol. The minimum Gasteiger partial charge on any atom is -0.294 e. The fraction of sp³-hybridized carbons (Fsp3) is 0.611. The van der Waals surface area contributed by atoms with Gasteiger partial charge in [0.15, 0.2) is 17.4 Å². The maximum atomic E-state index is 13.8. The molecule has 0 atom stereocenters. The van der Waals surface area contributed by atoms with Crippen molar-refractivity contribution in [1.82, 2.24) is 0 Å². The number of hydrogen-bond donors (Lipinski definition) is 0. The van der Waals surface area contributed by atoms with Gasteiger partial charge in [0.1, 0.15) is 5.82 Å². The molecule has 0 aromatic heterocycles. The molecule has 0 aliphatic heterocycles. The lowest BCUT2D eigenvalue weighted by molar-refractivity contribution is 0.101. The van der Waals surface area contributed by atoms with E-state index in [-0.39, 0.29) is 12.0 Å². The van der Waals surface area contributed by atoms with E-state index in [1.807, 2.05) is 0 Å². The average molecular weight is 314 g/mol. The van der Waals surface area contributed by atoms with Gasteiger partial charge in [0.05, 0.1) is 5.56 Å². The first-order valence-corrected chi connectivity index (χ1v) is 8.16. The maximum Gasteiger partial charge on any atom is 0.170 e. The topological polar surface area (TPSA) is 17.1 Å². The van der Waals surface area contributed by atoms with Gasteiger partial charge < -0.3 is 0 Å². The summed E-state index contributed by atoms with van der Waals surface area (Å²) in [6.45, 7) is 3.26. The molecule has 4 heteroatoms. The van der Waals surface area contributed by atoms with E-state index in [0.29, 0.717) is 6.42 Å². The molecule has 0 spiro atoms. The van der Waals surface area contributed by atoms with Crippen LogP contribution in [0.15, 0.2) is 6.07 Å². The fourth-order valence-corrected chi connectivity index (χ4v) is 2.55. The van der Waals surface area contributed by atoms with Crippen LogP contribution in [0.25, 0.3) is 0 Å². The van der Waals surface area contributed by atoms with Gasteiger partial charge in [0.2, 0.25) is 0 Å². The van der Waals surface area contributed by atoms with E-state index in [4.69, 9.17) is 0 Å². The predicted octanol–water partition coefficient (Wildman–Crippen LogP) is 5.99. The molecule has 0 radical (unpaired) electrons. The highest BCUT2D eigenvalue weighted by Crippen LogP contribution is 2.22. The number of halogens is 3. The summed E-state index contributed by atoms with van der Waals surface area (Å²) in [5, 5.41) is 0. The van der Waals surface area contributed by atoms with Crippen LogP contribution < -0.4 is 0 Å². The molecule has 0 heterocycles. The van der Waals surface area contributed by atoms with Crippen molar-refractivity contribution < 1.29 is 18.0 Å². The third-order valence-corrected chi connectivity index (χ3v) is 3.91. The average Bonchev–Trinajstić information content (AvgIpc) is 2.48. The number of Topliss-reactive ketones (excluding diaryl/α,β-unsaturated/α-hetero) is 1. The van der Waals surface area contributed by atoms with E-state index in [0.717, 1.165) is 32.3 Å². The van der Waals surface area contributed by atoms with Crippen LogP contribution in [0, 0.1) is 17.5 Å². The maximum absolute atomic E-state index is 13.8. The van der Waals surface area contributed by atoms with Crippen LogP contribution >= 0.6 is 0 Å². The van der Waals surface area contributed by atoms with E-state index in [9.17, 15) is 18.0 Å². The summed E-state index contributed by atoms with van der Waals surface area (Å²) in [7, 11) is 0. The standard InChI is InChI=1S/C18H25F3O/c1-3-4-5-6-7-8-9-10-11-14-16(19)12-15(13(2)22)18(21)17(14)20/h12H,3-11H2,1-2H3. The molecule has 1 aromatic rings. The lowest BCUT2D eigenvalue weighted by atomic mass is 10.0. The zero-order valence-corrected chi connectivity index (χ0v) is 13.5. The highest BCUT2D eigenvalue weighted by molar-refractivity contribution is 5.94. The first-order valence-electron chi connectivity index (χ1n) is 8.16. The van der Waals surface area contributed by atoms with Gasteiger partial charge in [-0.2, -0.15) is 0 Å². The van der Waals surface area contributed by atoms with E-state index >= 15 is 0 Å². The summed E-state index contributed by atoms with van der Waals surface area (Å²) in [5.41, 5.74) is -0.761. The second-order valence-corrected chi connectivity index (χ2v) is 5.79. The molecule has 1 rings (SSSR count). The molecular formula is C18H25F3O. The first kappa shape index (κ1) is 18.7. The monoisotopic (exact) mass is 314 g/mol. The quantitative estimate of drug-likeness (QED) is 0.294. The van der Waals surface area contributed by atoms with Crippen molar-refractivity contribution in [2.75, 3.05) is 0 Å². The molecule has 0 saturated carbocycles. The molecule has 0 fully saturated rings. The molecule has 124 valence electrons. The summed E-state index contributed by atoms with van der Waals surface area (Å²) < 4.78 is 41.3. The van der Waals surface area contributed by atoms with Crippen molar-refractivity contribution in [2.24, 2.45) is 0 Å². The second-order valence-electron chi connectivity index (χ2n) is 5.79. The smallest absolute Gasteiger partial charge is 0.170 e. The van der Waals surface area contributed by atoms with Crippen molar-refractivity contribution in [3.05, 3.63) is 34.6 Å². The number of carbonyl (C=O) groups is 1. The minimum absolute atomic E-state index is 0.168. The molecule has 0 bridgehead atoms. The Hall–Kier alpha value is -1.32. The zero-order chi connectivity index (χ0) is 16.5. The van der Waals surface area contributed by atoms with Crippen LogP contribution in [0.1, 0.15) is 81.1 Å². The van der Waals surface area contributed by atoms with Crippen LogP contribution in [0.2, 0.25) is 0 Å². The van der Waals surface area contributed by atoms with Gasteiger partial charge in [0, 0.05) is 5.56 Å². The van der Waals surface area contributed by atoms with Crippen molar-refractivity contribution >= 4 is 5.78 Å². The number of carbonyl (C=O) groups excluding carboxylic acids is 1. The summed E-state index contributed by atoms with van der Waals surface area (Å²) in [5.74, 6) is -3.95. The van der Waals surface area contributed by atoms with Gasteiger partial charge in [-0.15, -0.1) is 0 Å². The van der Waals surface area contributed by atoms with E-state index < -0.39 is 28.8 Å². The Bertz CT molecular complexity index is 498. The molecule has 0 aliphatic carbocycles. The van der Waals surface area contributed by atoms with Gasteiger partial charge in [0.25, 0.3) is 0 Å². The highest BCUT2D eigenvalue weighted by Gasteiger charge is 2.20. The van der Waals surface area contributed by atoms with Crippen LogP contribution in [-0.2, 0) is 6.42 Å². The minimum atomic E-state index is -1.23. The van der Waals surface area contributed by atoms with Crippen LogP contribution in [0.4, 0.5) is 13.2 Å². The van der Waals surface area contributed by atoms with Gasteiger partial charge in [-0.3, -0.25) is 4.79 Å². The molecule has 0 unspecified atom stereocenters. The van der Waals surface area contributed by atoms with Crippen LogP contribution in [0.3, 0.4) is 0 Å². The predicted molar refractivity (Wildman–Crippen MR) is 82.6 cm³/mol. The highest BCUT2D eigenvalue weighted by atomic mass is 19.2. The summed E-state index contributed by atoms with van der Waals surface area (Å²) in [4.78, 5) is 11.1. The number of unbranched alkanes of at least 4 members (excludes halogenated alkanes) is 7. The van der Waals surface area contributed by atoms with Crippen LogP contribution in [0.5, 0.6) is 0 Å². The SMILES string of the molecule is CCCCCCCCCCc1c(F)cc(C(C)=O)c(F)c1F. The van der Waals surface area contributed by atoms with Gasteiger partial charge in [-0.05, 0) is 25.8 Å². The molecule has 1 nitrogen and oxygen atoms in total. The molecule has 0 saturated heterocycles. The second kappa shape index (κ2) is 9.65. The Morgan fingerprint density at radius 2 is 1.45 bits per heavy atom. The van der Waals surface area contributed by atoms with Crippen molar-refractivity contribution in [2.45, 2.75) is 71.6 Å². The molecule has 22 heavy (non-hydrogen) atoms. The number of ketones is 1. The summed E-state index contributed by atoms with van der Waals surface area (Å²) in [6, 6.07) is 0.806. The molecule has 0 amide bonds. The lowest BCUT2D eigenvalue weighted by Gasteiger charge is -2.08. The Morgan fingerprint density at radius 3 is 2.00 bits per heavy atom. The Kier molecular flexibility index (Phi) is 8.21. The molecule has 0 aliphatic rings. The normalized spacial score (nSPS) is 11.0. The van der Waals surface area contributed by atoms with Gasteiger partial charge >= 0.3 is 0 Å². The van der Waals surface area contributed by atoms with Crippen molar-refractivity contribution in [1.29, 1.82) is 0 Å². The molecule has 1 aromatic carbocycles. The molecule has 0 N–H and O–H groups in total. The fourth-order valence-electron chi connectivity index (χ4n) is 2.55. The van der Waals surface area contributed by atoms with Crippen molar-refractivity contribution in [3.8, 4) is 0 Å². The Labute approximate surface area is 130 Å². The number of hydrogen-bond acceptors (Lipinski definition) is 1. The first-order chi connectivity index (χ1) is 10.5. The third-order valence-electron chi connectivity index (χ3n) is 3.91. The van der Waals surface area contributed by atoms with Crippen LogP contribution in [-0.4, -0.2) is 5.78 Å². The Balaban J connectivity index is 2.47. The number of rotatable bonds is 10.